The molecule has 0 heterocycles. The third kappa shape index (κ3) is 9.70. The molecule has 13 heavy (non-hydrogen) atoms. The highest BCUT2D eigenvalue weighted by atomic mass is 32.2. The number of ether oxygens (including phenoxy) is 1. The summed E-state index contributed by atoms with van der Waals surface area (Å²) in [5, 5.41) is 2.80. The Balaban J connectivity index is 2.95. The highest BCUT2D eigenvalue weighted by Gasteiger charge is 1.95. The molecule has 1 amide bonds. The van der Waals surface area contributed by atoms with Crippen molar-refractivity contribution in [1.29, 1.82) is 0 Å². The molecular weight excluding hydrogens is 186 g/mol. The third-order valence-corrected chi connectivity index (χ3v) is 2.08. The van der Waals surface area contributed by atoms with E-state index in [0.717, 1.165) is 26.1 Å². The summed E-state index contributed by atoms with van der Waals surface area (Å²) in [6.07, 6.45) is 4.96. The molecule has 3 nitrogen and oxygen atoms in total. The van der Waals surface area contributed by atoms with Crippen LogP contribution < -0.4 is 5.32 Å². The van der Waals surface area contributed by atoms with Crippen molar-refractivity contribution < 1.29 is 9.53 Å². The number of carbonyl (C=O) groups excluding carboxylic acids is 1. The molecule has 0 radical (unpaired) electrons. The molecular formula is C9H19NO2S. The van der Waals surface area contributed by atoms with Crippen molar-refractivity contribution in [2.24, 2.45) is 0 Å². The Kier molecular flexibility index (Phi) is 9.70. The van der Waals surface area contributed by atoms with E-state index in [-0.39, 0.29) is 5.24 Å². The van der Waals surface area contributed by atoms with Gasteiger partial charge in [-0.05, 0) is 19.1 Å². The zero-order valence-electron chi connectivity index (χ0n) is 8.47. The molecule has 0 spiro atoms. The first kappa shape index (κ1) is 12.8. The fourth-order valence-electron chi connectivity index (χ4n) is 0.785. The van der Waals surface area contributed by atoms with Gasteiger partial charge >= 0.3 is 0 Å². The van der Waals surface area contributed by atoms with Gasteiger partial charge in [0.25, 0.3) is 5.24 Å². The van der Waals surface area contributed by atoms with Crippen LogP contribution in [-0.2, 0) is 4.74 Å². The Morgan fingerprint density at radius 3 is 2.69 bits per heavy atom. The van der Waals surface area contributed by atoms with E-state index in [2.05, 4.69) is 12.2 Å². The van der Waals surface area contributed by atoms with Crippen molar-refractivity contribution in [3.63, 3.8) is 0 Å². The van der Waals surface area contributed by atoms with Crippen molar-refractivity contribution in [3.05, 3.63) is 0 Å². The van der Waals surface area contributed by atoms with E-state index in [9.17, 15) is 4.79 Å². The van der Waals surface area contributed by atoms with Gasteiger partial charge in [-0.3, -0.25) is 4.79 Å². The second kappa shape index (κ2) is 9.86. The highest BCUT2D eigenvalue weighted by Crippen LogP contribution is 1.93. The maximum atomic E-state index is 10.8. The van der Waals surface area contributed by atoms with E-state index < -0.39 is 0 Å². The standard InChI is InChI=1S/C9H19NO2S/c1-3-4-7-12-8-5-6-10-9(11)13-2/h3-8H2,1-2H3,(H,10,11). The van der Waals surface area contributed by atoms with Crippen LogP contribution in [0.5, 0.6) is 0 Å². The fraction of sp³-hybridized carbons (Fsp3) is 0.889. The normalized spacial score (nSPS) is 10.0. The number of rotatable bonds is 7. The Hall–Kier alpha value is -0.220. The maximum Gasteiger partial charge on any atom is 0.278 e. The summed E-state index contributed by atoms with van der Waals surface area (Å²) in [6.45, 7) is 4.44. The summed E-state index contributed by atoms with van der Waals surface area (Å²) >= 11 is 1.21. The topological polar surface area (TPSA) is 38.3 Å². The number of unbranched alkanes of at least 4 members (excludes halogenated alkanes) is 1. The van der Waals surface area contributed by atoms with Crippen LogP contribution in [0.2, 0.25) is 0 Å². The first-order valence-electron chi connectivity index (χ1n) is 4.70. The van der Waals surface area contributed by atoms with Crippen LogP contribution in [0.4, 0.5) is 4.79 Å². The Morgan fingerprint density at radius 2 is 2.08 bits per heavy atom. The molecule has 0 saturated carbocycles. The van der Waals surface area contributed by atoms with Crippen molar-refractivity contribution >= 4 is 17.0 Å². The predicted octanol–water partition coefficient (Wildman–Crippen LogP) is 2.27. The maximum absolute atomic E-state index is 10.8. The summed E-state index contributed by atoms with van der Waals surface area (Å²) in [7, 11) is 0. The average Bonchev–Trinajstić information content (AvgIpc) is 2.16. The second-order valence-electron chi connectivity index (χ2n) is 2.74. The van der Waals surface area contributed by atoms with E-state index >= 15 is 0 Å². The van der Waals surface area contributed by atoms with Gasteiger partial charge in [0.15, 0.2) is 0 Å². The van der Waals surface area contributed by atoms with Crippen LogP contribution in [0.25, 0.3) is 0 Å². The zero-order chi connectivity index (χ0) is 9.94. The van der Waals surface area contributed by atoms with Gasteiger partial charge in [-0.25, -0.2) is 0 Å². The number of hydrogen-bond donors (Lipinski definition) is 1. The predicted molar refractivity (Wildman–Crippen MR) is 57.3 cm³/mol. The van der Waals surface area contributed by atoms with Crippen LogP contribution >= 0.6 is 11.8 Å². The number of hydrogen-bond acceptors (Lipinski definition) is 3. The number of amides is 1. The molecule has 78 valence electrons. The van der Waals surface area contributed by atoms with Crippen molar-refractivity contribution in [3.8, 4) is 0 Å². The summed E-state index contributed by atoms with van der Waals surface area (Å²) in [5.74, 6) is 0. The van der Waals surface area contributed by atoms with Crippen LogP contribution in [0, 0.1) is 0 Å². The van der Waals surface area contributed by atoms with E-state index in [4.69, 9.17) is 4.74 Å². The minimum atomic E-state index is 0.0357. The number of thioether (sulfide) groups is 1. The first-order chi connectivity index (χ1) is 6.31. The summed E-state index contributed by atoms with van der Waals surface area (Å²) in [4.78, 5) is 10.8. The van der Waals surface area contributed by atoms with Crippen molar-refractivity contribution in [1.82, 2.24) is 5.32 Å². The van der Waals surface area contributed by atoms with E-state index in [1.807, 2.05) is 0 Å². The second-order valence-corrected chi connectivity index (χ2v) is 3.52. The molecule has 0 aliphatic carbocycles. The lowest BCUT2D eigenvalue weighted by Crippen LogP contribution is -2.20. The van der Waals surface area contributed by atoms with E-state index in [0.29, 0.717) is 6.54 Å². The monoisotopic (exact) mass is 205 g/mol. The molecule has 1 N–H and O–H groups in total. The van der Waals surface area contributed by atoms with Gasteiger partial charge in [0.2, 0.25) is 0 Å². The van der Waals surface area contributed by atoms with Gasteiger partial charge in [0.05, 0.1) is 0 Å². The minimum Gasteiger partial charge on any atom is -0.381 e. The number of carbonyl (C=O) groups is 1. The SMILES string of the molecule is CCCCOCCCNC(=O)SC. The lowest BCUT2D eigenvalue weighted by Gasteiger charge is -2.03. The molecule has 0 atom stereocenters. The molecule has 0 bridgehead atoms. The van der Waals surface area contributed by atoms with Gasteiger partial charge in [0, 0.05) is 19.8 Å². The molecule has 4 heteroatoms. The average molecular weight is 205 g/mol. The van der Waals surface area contributed by atoms with Gasteiger partial charge < -0.3 is 10.1 Å². The van der Waals surface area contributed by atoms with Crippen LogP contribution in [-0.4, -0.2) is 31.3 Å². The zero-order valence-corrected chi connectivity index (χ0v) is 9.28. The van der Waals surface area contributed by atoms with Gasteiger partial charge in [-0.15, -0.1) is 0 Å². The highest BCUT2D eigenvalue weighted by molar-refractivity contribution is 8.12. The molecule has 0 aromatic rings. The van der Waals surface area contributed by atoms with Gasteiger partial charge in [-0.1, -0.05) is 25.1 Å². The first-order valence-corrected chi connectivity index (χ1v) is 5.93. The van der Waals surface area contributed by atoms with E-state index in [1.54, 1.807) is 6.26 Å². The Labute approximate surface area is 84.6 Å². The summed E-state index contributed by atoms with van der Waals surface area (Å²) in [6, 6.07) is 0. The molecule has 0 unspecified atom stereocenters. The van der Waals surface area contributed by atoms with Crippen molar-refractivity contribution in [2.75, 3.05) is 26.0 Å². The molecule has 0 aliphatic heterocycles. The minimum absolute atomic E-state index is 0.0357. The number of nitrogens with one attached hydrogen (secondary N) is 1. The third-order valence-electron chi connectivity index (χ3n) is 1.56. The molecule has 0 saturated heterocycles. The van der Waals surface area contributed by atoms with Crippen LogP contribution in [0.3, 0.4) is 0 Å². The quantitative estimate of drug-likeness (QED) is 0.648. The fourth-order valence-corrected chi connectivity index (χ4v) is 1.03. The largest absolute Gasteiger partial charge is 0.381 e. The van der Waals surface area contributed by atoms with Crippen LogP contribution in [0.15, 0.2) is 0 Å². The van der Waals surface area contributed by atoms with Gasteiger partial charge in [0.1, 0.15) is 0 Å². The molecule has 0 aromatic carbocycles. The lowest BCUT2D eigenvalue weighted by molar-refractivity contribution is 0.129. The Bertz CT molecular complexity index is 131. The molecule has 0 aromatic heterocycles. The molecule has 0 fully saturated rings. The lowest BCUT2D eigenvalue weighted by atomic mass is 10.4. The molecule has 0 rings (SSSR count). The van der Waals surface area contributed by atoms with Gasteiger partial charge in [-0.2, -0.15) is 0 Å². The smallest absolute Gasteiger partial charge is 0.278 e. The van der Waals surface area contributed by atoms with Crippen LogP contribution in [0.1, 0.15) is 26.2 Å². The van der Waals surface area contributed by atoms with E-state index in [1.165, 1.54) is 18.2 Å². The summed E-state index contributed by atoms with van der Waals surface area (Å²) < 4.78 is 5.33. The molecule has 0 aliphatic rings. The summed E-state index contributed by atoms with van der Waals surface area (Å²) in [5.41, 5.74) is 0. The van der Waals surface area contributed by atoms with Crippen molar-refractivity contribution in [2.45, 2.75) is 26.2 Å². The Morgan fingerprint density at radius 1 is 1.38 bits per heavy atom.